The zero-order valence-corrected chi connectivity index (χ0v) is 11.4. The second kappa shape index (κ2) is 5.31. The summed E-state index contributed by atoms with van der Waals surface area (Å²) >= 11 is 0. The van der Waals surface area contributed by atoms with Gasteiger partial charge in [-0.15, -0.1) is 0 Å². The first-order valence-corrected chi connectivity index (χ1v) is 6.95. The third kappa shape index (κ3) is 3.26. The van der Waals surface area contributed by atoms with E-state index in [-0.39, 0.29) is 5.75 Å². The summed E-state index contributed by atoms with van der Waals surface area (Å²) in [5.41, 5.74) is 1.26. The van der Waals surface area contributed by atoms with Gasteiger partial charge >= 0.3 is 0 Å². The number of benzene rings is 1. The number of aromatic hydroxyl groups is 1. The third-order valence-corrected chi connectivity index (χ3v) is 4.28. The number of aliphatic hydroxyl groups is 1. The second-order valence-corrected chi connectivity index (χ2v) is 6.40. The van der Waals surface area contributed by atoms with Gasteiger partial charge in [0.05, 0.1) is 6.10 Å². The lowest BCUT2D eigenvalue weighted by Crippen LogP contribution is -2.13. The van der Waals surface area contributed by atoms with Gasteiger partial charge in [-0.2, -0.15) is 0 Å². The molecule has 0 spiro atoms. The van der Waals surface area contributed by atoms with Gasteiger partial charge in [-0.25, -0.2) is 0 Å². The normalized spacial score (nSPS) is 25.4. The predicted octanol–water partition coefficient (Wildman–Crippen LogP) is 4.03. The molecule has 2 rings (SSSR count). The van der Waals surface area contributed by atoms with Gasteiger partial charge in [0.1, 0.15) is 5.75 Å². The predicted molar refractivity (Wildman–Crippen MR) is 73.4 cm³/mol. The van der Waals surface area contributed by atoms with E-state index in [4.69, 9.17) is 0 Å². The van der Waals surface area contributed by atoms with Gasteiger partial charge in [-0.05, 0) is 54.7 Å². The fraction of sp³-hybridized carbons (Fsp3) is 0.625. The first-order chi connectivity index (χ1) is 8.48. The van der Waals surface area contributed by atoms with Crippen molar-refractivity contribution >= 4 is 0 Å². The van der Waals surface area contributed by atoms with Crippen molar-refractivity contribution in [3.63, 3.8) is 0 Å². The molecule has 0 radical (unpaired) electrons. The Balaban J connectivity index is 2.07. The first kappa shape index (κ1) is 13.4. The van der Waals surface area contributed by atoms with Crippen LogP contribution in [0.3, 0.4) is 0 Å². The SMILES string of the molecule is CC1(C)CCC[C@H]([C@H](O)c2cccc(O)c2)CC1. The van der Waals surface area contributed by atoms with E-state index in [1.807, 2.05) is 6.07 Å². The van der Waals surface area contributed by atoms with E-state index in [9.17, 15) is 10.2 Å². The van der Waals surface area contributed by atoms with Crippen LogP contribution in [-0.4, -0.2) is 10.2 Å². The molecule has 1 saturated carbocycles. The lowest BCUT2D eigenvalue weighted by molar-refractivity contribution is 0.0966. The summed E-state index contributed by atoms with van der Waals surface area (Å²) in [5.74, 6) is 0.564. The maximum absolute atomic E-state index is 10.5. The molecule has 2 atom stereocenters. The quantitative estimate of drug-likeness (QED) is 0.776. The van der Waals surface area contributed by atoms with Crippen LogP contribution in [0, 0.1) is 11.3 Å². The number of hydrogen-bond acceptors (Lipinski definition) is 2. The van der Waals surface area contributed by atoms with Crippen molar-refractivity contribution < 1.29 is 10.2 Å². The highest BCUT2D eigenvalue weighted by molar-refractivity contribution is 5.28. The number of phenolic OH excluding ortho intramolecular Hbond substituents is 1. The Labute approximate surface area is 110 Å². The molecule has 0 bridgehead atoms. The topological polar surface area (TPSA) is 40.5 Å². The highest BCUT2D eigenvalue weighted by Gasteiger charge is 2.28. The van der Waals surface area contributed by atoms with Crippen LogP contribution in [0.2, 0.25) is 0 Å². The van der Waals surface area contributed by atoms with Gasteiger partial charge in [0.2, 0.25) is 0 Å². The molecule has 0 amide bonds. The van der Waals surface area contributed by atoms with Gasteiger partial charge in [-0.1, -0.05) is 32.4 Å². The summed E-state index contributed by atoms with van der Waals surface area (Å²) in [6, 6.07) is 7.03. The Hall–Kier alpha value is -1.02. The lowest BCUT2D eigenvalue weighted by Gasteiger charge is -2.24. The lowest BCUT2D eigenvalue weighted by atomic mass is 9.84. The van der Waals surface area contributed by atoms with Crippen LogP contribution in [0.15, 0.2) is 24.3 Å². The molecule has 0 unspecified atom stereocenters. The molecule has 1 aromatic carbocycles. The monoisotopic (exact) mass is 248 g/mol. The smallest absolute Gasteiger partial charge is 0.115 e. The molecule has 0 heterocycles. The van der Waals surface area contributed by atoms with Gasteiger partial charge in [0.15, 0.2) is 0 Å². The molecule has 0 aromatic heterocycles. The Morgan fingerprint density at radius 3 is 2.72 bits per heavy atom. The number of phenols is 1. The molecule has 0 aliphatic heterocycles. The number of rotatable bonds is 2. The van der Waals surface area contributed by atoms with Crippen molar-refractivity contribution in [1.82, 2.24) is 0 Å². The molecule has 2 heteroatoms. The number of hydrogen-bond donors (Lipinski definition) is 2. The van der Waals surface area contributed by atoms with E-state index >= 15 is 0 Å². The van der Waals surface area contributed by atoms with Gasteiger partial charge < -0.3 is 10.2 Å². The standard InChI is InChI=1S/C16H24O2/c1-16(2)9-4-6-12(8-10-16)15(18)13-5-3-7-14(17)11-13/h3,5,7,11-12,15,17-18H,4,6,8-10H2,1-2H3/t12-,15-/m0/s1. The minimum absolute atomic E-state index is 0.237. The van der Waals surface area contributed by atoms with Crippen molar-refractivity contribution in [2.75, 3.05) is 0 Å². The van der Waals surface area contributed by atoms with Crippen molar-refractivity contribution in [1.29, 1.82) is 0 Å². The van der Waals surface area contributed by atoms with Crippen molar-refractivity contribution in [3.8, 4) is 5.75 Å². The molecule has 2 N–H and O–H groups in total. The second-order valence-electron chi connectivity index (χ2n) is 6.40. The molecule has 0 saturated heterocycles. The minimum Gasteiger partial charge on any atom is -0.508 e. The Morgan fingerprint density at radius 1 is 1.22 bits per heavy atom. The van der Waals surface area contributed by atoms with Crippen molar-refractivity contribution in [2.24, 2.45) is 11.3 Å². The molecule has 1 aliphatic rings. The fourth-order valence-electron chi connectivity index (χ4n) is 2.98. The van der Waals surface area contributed by atoms with Crippen LogP contribution >= 0.6 is 0 Å². The molecular weight excluding hydrogens is 224 g/mol. The fourth-order valence-corrected chi connectivity index (χ4v) is 2.98. The molecule has 1 aromatic rings. The zero-order chi connectivity index (χ0) is 13.2. The van der Waals surface area contributed by atoms with Crippen LogP contribution in [0.4, 0.5) is 0 Å². The number of aliphatic hydroxyl groups excluding tert-OH is 1. The molecule has 1 aliphatic carbocycles. The van der Waals surface area contributed by atoms with E-state index in [0.29, 0.717) is 11.3 Å². The summed E-state index contributed by atoms with van der Waals surface area (Å²) in [6.45, 7) is 4.63. The molecule has 18 heavy (non-hydrogen) atoms. The van der Waals surface area contributed by atoms with Crippen LogP contribution in [0.5, 0.6) is 5.75 Å². The van der Waals surface area contributed by atoms with E-state index < -0.39 is 6.10 Å². The van der Waals surface area contributed by atoms with Crippen LogP contribution in [0.25, 0.3) is 0 Å². The average molecular weight is 248 g/mol. The van der Waals surface area contributed by atoms with E-state index in [1.54, 1.807) is 18.2 Å². The van der Waals surface area contributed by atoms with E-state index in [1.165, 1.54) is 19.3 Å². The summed E-state index contributed by atoms with van der Waals surface area (Å²) in [6.07, 6.45) is 5.33. The highest BCUT2D eigenvalue weighted by atomic mass is 16.3. The van der Waals surface area contributed by atoms with E-state index in [2.05, 4.69) is 13.8 Å². The summed E-state index contributed by atoms with van der Waals surface area (Å²) in [5, 5.41) is 19.9. The average Bonchev–Trinajstić information content (AvgIpc) is 2.49. The third-order valence-electron chi connectivity index (χ3n) is 4.28. The highest BCUT2D eigenvalue weighted by Crippen LogP contribution is 2.40. The van der Waals surface area contributed by atoms with E-state index in [0.717, 1.165) is 18.4 Å². The maximum atomic E-state index is 10.5. The first-order valence-electron chi connectivity index (χ1n) is 6.95. The molecule has 1 fully saturated rings. The van der Waals surface area contributed by atoms with Gasteiger partial charge in [0.25, 0.3) is 0 Å². The maximum Gasteiger partial charge on any atom is 0.115 e. The van der Waals surface area contributed by atoms with Crippen molar-refractivity contribution in [3.05, 3.63) is 29.8 Å². The van der Waals surface area contributed by atoms with Crippen LogP contribution in [0.1, 0.15) is 57.6 Å². The van der Waals surface area contributed by atoms with Crippen LogP contribution < -0.4 is 0 Å². The molecular formula is C16H24O2. The Bertz CT molecular complexity index is 398. The van der Waals surface area contributed by atoms with Crippen LogP contribution in [-0.2, 0) is 0 Å². The summed E-state index contributed by atoms with van der Waals surface area (Å²) < 4.78 is 0. The summed E-state index contributed by atoms with van der Waals surface area (Å²) in [4.78, 5) is 0. The van der Waals surface area contributed by atoms with Gasteiger partial charge in [-0.3, -0.25) is 0 Å². The summed E-state index contributed by atoms with van der Waals surface area (Å²) in [7, 11) is 0. The van der Waals surface area contributed by atoms with Crippen molar-refractivity contribution in [2.45, 2.75) is 52.1 Å². The minimum atomic E-state index is -0.439. The van der Waals surface area contributed by atoms with Gasteiger partial charge in [0, 0.05) is 0 Å². The molecule has 2 nitrogen and oxygen atoms in total. The Morgan fingerprint density at radius 2 is 2.00 bits per heavy atom. The zero-order valence-electron chi connectivity index (χ0n) is 11.4. The largest absolute Gasteiger partial charge is 0.508 e. The molecule has 100 valence electrons. The Kier molecular flexibility index (Phi) is 3.96.